The number of imidazole rings is 1. The fourth-order valence-electron chi connectivity index (χ4n) is 2.41. The minimum atomic E-state index is -1.46. The van der Waals surface area contributed by atoms with Crippen molar-refractivity contribution in [3.63, 3.8) is 0 Å². The van der Waals surface area contributed by atoms with Crippen molar-refractivity contribution in [2.24, 2.45) is 0 Å². The molecule has 0 bridgehead atoms. The minimum absolute atomic E-state index is 0.407. The third kappa shape index (κ3) is 3.21. The number of hydrogen-bond acceptors (Lipinski definition) is 7. The van der Waals surface area contributed by atoms with E-state index in [9.17, 15) is 15.3 Å². The summed E-state index contributed by atoms with van der Waals surface area (Å²) >= 11 is 0. The van der Waals surface area contributed by atoms with Gasteiger partial charge in [0.05, 0.1) is 6.61 Å². The summed E-state index contributed by atoms with van der Waals surface area (Å²) in [5.74, 6) is 1.12. The van der Waals surface area contributed by atoms with E-state index in [0.717, 1.165) is 5.56 Å². The second-order valence-corrected chi connectivity index (χ2v) is 5.28. The fourth-order valence-corrected chi connectivity index (χ4v) is 2.41. The van der Waals surface area contributed by atoms with Gasteiger partial charge in [-0.2, -0.15) is 0 Å². The van der Waals surface area contributed by atoms with Gasteiger partial charge in [-0.25, -0.2) is 4.98 Å². The summed E-state index contributed by atoms with van der Waals surface area (Å²) in [6.07, 6.45) is -3.13. The Kier molecular flexibility index (Phi) is 4.60. The summed E-state index contributed by atoms with van der Waals surface area (Å²) in [6, 6.07) is 6.88. The van der Waals surface area contributed by atoms with Crippen LogP contribution in [-0.2, 0) is 4.74 Å². The summed E-state index contributed by atoms with van der Waals surface area (Å²) < 4.78 is 10.8. The lowest BCUT2D eigenvalue weighted by Gasteiger charge is -2.39. The smallest absolute Gasteiger partial charge is 0.229 e. The van der Waals surface area contributed by atoms with Crippen molar-refractivity contribution in [1.29, 1.82) is 0 Å². The molecule has 1 aliphatic rings. The molecule has 8 nitrogen and oxygen atoms in total. The van der Waals surface area contributed by atoms with Crippen LogP contribution in [0, 0.1) is 0 Å². The average molecular weight is 322 g/mol. The molecule has 8 heteroatoms. The molecular formula is C15H18N2O6. The molecule has 1 aromatic heterocycles. The van der Waals surface area contributed by atoms with Gasteiger partial charge in [0.25, 0.3) is 0 Å². The van der Waals surface area contributed by atoms with Gasteiger partial charge < -0.3 is 34.9 Å². The molecule has 0 aliphatic carbocycles. The van der Waals surface area contributed by atoms with E-state index in [0.29, 0.717) is 11.6 Å². The molecular weight excluding hydrogens is 304 g/mol. The van der Waals surface area contributed by atoms with Crippen molar-refractivity contribution < 1.29 is 29.9 Å². The van der Waals surface area contributed by atoms with Crippen LogP contribution in [0.5, 0.6) is 5.75 Å². The first kappa shape index (κ1) is 15.9. The van der Waals surface area contributed by atoms with Crippen molar-refractivity contribution in [2.75, 3.05) is 6.61 Å². The van der Waals surface area contributed by atoms with Crippen molar-refractivity contribution in [2.45, 2.75) is 30.7 Å². The minimum Gasteiger partial charge on any atom is -0.462 e. The molecule has 0 amide bonds. The maximum Gasteiger partial charge on any atom is 0.229 e. The Morgan fingerprint density at radius 1 is 1.09 bits per heavy atom. The van der Waals surface area contributed by atoms with Crippen LogP contribution >= 0.6 is 0 Å². The van der Waals surface area contributed by atoms with Crippen LogP contribution in [0.15, 0.2) is 36.7 Å². The van der Waals surface area contributed by atoms with Crippen LogP contribution in [0.3, 0.4) is 0 Å². The zero-order chi connectivity index (χ0) is 16.4. The van der Waals surface area contributed by atoms with Gasteiger partial charge >= 0.3 is 0 Å². The zero-order valence-corrected chi connectivity index (χ0v) is 12.1. The highest BCUT2D eigenvalue weighted by Crippen LogP contribution is 2.25. The number of aliphatic hydroxyl groups excluding tert-OH is 4. The van der Waals surface area contributed by atoms with E-state index in [4.69, 9.17) is 14.6 Å². The number of H-pyrrole nitrogens is 1. The predicted octanol–water partition coefficient (Wildman–Crippen LogP) is -0.745. The molecule has 5 N–H and O–H groups in total. The number of benzene rings is 1. The third-order valence-corrected chi connectivity index (χ3v) is 3.73. The van der Waals surface area contributed by atoms with Gasteiger partial charge in [0.2, 0.25) is 6.29 Å². The lowest BCUT2D eigenvalue weighted by molar-refractivity contribution is -0.277. The Morgan fingerprint density at radius 3 is 2.43 bits per heavy atom. The highest BCUT2D eigenvalue weighted by Gasteiger charge is 2.44. The Morgan fingerprint density at radius 2 is 1.83 bits per heavy atom. The monoisotopic (exact) mass is 322 g/mol. The summed E-state index contributed by atoms with van der Waals surface area (Å²) in [5, 5.41) is 38.5. The van der Waals surface area contributed by atoms with Gasteiger partial charge in [0.1, 0.15) is 36.0 Å². The number of hydrogen-bond donors (Lipinski definition) is 5. The Balaban J connectivity index is 1.71. The molecule has 0 saturated carbocycles. The maximum absolute atomic E-state index is 9.93. The van der Waals surface area contributed by atoms with Crippen LogP contribution < -0.4 is 4.74 Å². The van der Waals surface area contributed by atoms with Crippen LogP contribution in [0.4, 0.5) is 0 Å². The van der Waals surface area contributed by atoms with E-state index in [1.54, 1.807) is 36.7 Å². The highest BCUT2D eigenvalue weighted by molar-refractivity contribution is 5.55. The summed E-state index contributed by atoms with van der Waals surface area (Å²) in [4.78, 5) is 7.11. The largest absolute Gasteiger partial charge is 0.462 e. The molecule has 1 aromatic carbocycles. The van der Waals surface area contributed by atoms with E-state index in [1.165, 1.54) is 0 Å². The molecule has 1 fully saturated rings. The number of aromatic amines is 1. The van der Waals surface area contributed by atoms with Gasteiger partial charge in [-0.15, -0.1) is 0 Å². The van der Waals surface area contributed by atoms with Gasteiger partial charge in [-0.1, -0.05) is 0 Å². The molecule has 5 atom stereocenters. The second kappa shape index (κ2) is 6.65. The normalized spacial score (nSPS) is 31.0. The van der Waals surface area contributed by atoms with Crippen molar-refractivity contribution in [3.05, 3.63) is 36.7 Å². The van der Waals surface area contributed by atoms with Gasteiger partial charge in [0.15, 0.2) is 0 Å². The maximum atomic E-state index is 9.93. The van der Waals surface area contributed by atoms with E-state index >= 15 is 0 Å². The predicted molar refractivity (Wildman–Crippen MR) is 78.4 cm³/mol. The van der Waals surface area contributed by atoms with Crippen LogP contribution in [0.2, 0.25) is 0 Å². The summed E-state index contributed by atoms with van der Waals surface area (Å²) in [6.45, 7) is -0.498. The Bertz CT molecular complexity index is 615. The quantitative estimate of drug-likeness (QED) is 0.501. The second-order valence-electron chi connectivity index (χ2n) is 5.28. The highest BCUT2D eigenvalue weighted by atomic mass is 16.7. The van der Waals surface area contributed by atoms with Gasteiger partial charge in [-0.05, 0) is 24.3 Å². The summed E-state index contributed by atoms with van der Waals surface area (Å²) in [7, 11) is 0. The Hall–Kier alpha value is -1.97. The van der Waals surface area contributed by atoms with E-state index in [-0.39, 0.29) is 0 Å². The van der Waals surface area contributed by atoms with Crippen molar-refractivity contribution in [1.82, 2.24) is 9.97 Å². The van der Waals surface area contributed by atoms with Gasteiger partial charge in [-0.3, -0.25) is 0 Å². The number of nitrogens with one attached hydrogen (secondary N) is 1. The Labute approximate surface area is 132 Å². The number of ether oxygens (including phenoxy) is 2. The topological polar surface area (TPSA) is 128 Å². The summed E-state index contributed by atoms with van der Waals surface area (Å²) in [5.41, 5.74) is 0.858. The first-order chi connectivity index (χ1) is 11.1. The lowest BCUT2D eigenvalue weighted by atomic mass is 9.99. The fraction of sp³-hybridized carbons (Fsp3) is 0.400. The standard InChI is InChI=1S/C15H18N2O6/c18-7-10-11(19)12(20)13(21)15(23-10)22-9-3-1-8(2-4-9)14-16-5-6-17-14/h1-6,10-13,15,18-21H,7H2,(H,16,17)/t10-,11-,12+,13-,15-/m1/s1. The zero-order valence-electron chi connectivity index (χ0n) is 12.1. The van der Waals surface area contributed by atoms with Crippen molar-refractivity contribution >= 4 is 0 Å². The molecule has 0 unspecified atom stereocenters. The lowest BCUT2D eigenvalue weighted by Crippen LogP contribution is -2.60. The molecule has 23 heavy (non-hydrogen) atoms. The molecule has 2 aromatic rings. The molecule has 1 saturated heterocycles. The van der Waals surface area contributed by atoms with E-state index in [2.05, 4.69) is 9.97 Å². The number of aromatic nitrogens is 2. The molecule has 0 radical (unpaired) electrons. The van der Waals surface area contributed by atoms with Crippen LogP contribution in [0.1, 0.15) is 0 Å². The number of rotatable bonds is 4. The number of nitrogens with zero attached hydrogens (tertiary/aromatic N) is 1. The first-order valence-electron chi connectivity index (χ1n) is 7.17. The molecule has 124 valence electrons. The average Bonchev–Trinajstić information content (AvgIpc) is 3.10. The van der Waals surface area contributed by atoms with E-state index in [1.807, 2.05) is 0 Å². The molecule has 1 aliphatic heterocycles. The number of aliphatic hydroxyl groups is 4. The van der Waals surface area contributed by atoms with Crippen LogP contribution in [0.25, 0.3) is 11.4 Å². The first-order valence-corrected chi connectivity index (χ1v) is 7.17. The van der Waals surface area contributed by atoms with Crippen LogP contribution in [-0.4, -0.2) is 67.7 Å². The third-order valence-electron chi connectivity index (χ3n) is 3.73. The van der Waals surface area contributed by atoms with Crippen molar-refractivity contribution in [3.8, 4) is 17.1 Å². The molecule has 2 heterocycles. The van der Waals surface area contributed by atoms with E-state index < -0.39 is 37.3 Å². The SMILES string of the molecule is OC[C@H]1O[C@@H](Oc2ccc(-c3ncc[nH]3)cc2)[C@H](O)[C@@H](O)[C@@H]1O. The molecule has 3 rings (SSSR count). The molecule has 0 spiro atoms. The van der Waals surface area contributed by atoms with Gasteiger partial charge in [0, 0.05) is 18.0 Å².